The van der Waals surface area contributed by atoms with Crippen LogP contribution in [-0.4, -0.2) is 53.2 Å². The van der Waals surface area contributed by atoms with E-state index < -0.39 is 11.6 Å². The van der Waals surface area contributed by atoms with Gasteiger partial charge in [-0.1, -0.05) is 24.6 Å². The number of allylic oxidation sites excluding steroid dienone is 2. The van der Waals surface area contributed by atoms with Crippen molar-refractivity contribution in [3.05, 3.63) is 11.6 Å². The number of nitrogens with zero attached hydrogens (tertiary/aromatic N) is 1. The van der Waals surface area contributed by atoms with Crippen LogP contribution in [0.5, 0.6) is 0 Å². The standard InChI is InChI=1S/C29H43N3O5/c1-18(33)29(36)14-11-23-21-8-7-19-16-20(9-12-27(19,2)22(21)10-13-28(23,29)3)32-37-17-25(34)31-24-6-4-5-15-30-26(24)35/h16,21-24,36H,4-15,17H2,1-3H3,(H,30,35)(H,31,34)/b32-20-/t21-,22+,23+,24+,27+,28+,29+/m1/s1. The van der Waals surface area contributed by atoms with Crippen molar-refractivity contribution in [3.63, 3.8) is 0 Å². The van der Waals surface area contributed by atoms with Gasteiger partial charge in [0.05, 0.1) is 5.71 Å². The summed E-state index contributed by atoms with van der Waals surface area (Å²) in [6.07, 6.45) is 12.0. The predicted octanol–water partition coefficient (Wildman–Crippen LogP) is 3.43. The van der Waals surface area contributed by atoms with Gasteiger partial charge >= 0.3 is 0 Å². The minimum atomic E-state index is -1.17. The molecule has 0 aromatic rings. The number of fused-ring (bicyclic) bond motifs is 5. The number of amides is 2. The number of Topliss-reactive ketones (excluding diaryl/α,β-unsaturated/α-hetero) is 1. The monoisotopic (exact) mass is 513 g/mol. The molecule has 1 aliphatic heterocycles. The number of nitrogens with one attached hydrogen (secondary N) is 2. The van der Waals surface area contributed by atoms with E-state index in [1.54, 1.807) is 6.92 Å². The first-order valence-electron chi connectivity index (χ1n) is 14.3. The summed E-state index contributed by atoms with van der Waals surface area (Å²) in [6.45, 7) is 6.58. The van der Waals surface area contributed by atoms with Crippen LogP contribution < -0.4 is 10.6 Å². The highest BCUT2D eigenvalue weighted by Crippen LogP contribution is 2.67. The first kappa shape index (κ1) is 26.4. The Hall–Kier alpha value is -2.22. The van der Waals surface area contributed by atoms with Gasteiger partial charge in [0.1, 0.15) is 11.6 Å². The fourth-order valence-corrected chi connectivity index (χ4v) is 8.72. The van der Waals surface area contributed by atoms with E-state index in [2.05, 4.69) is 35.7 Å². The minimum Gasteiger partial charge on any atom is -0.385 e. The van der Waals surface area contributed by atoms with E-state index in [1.807, 2.05) is 0 Å². The third kappa shape index (κ3) is 4.43. The molecule has 204 valence electrons. The zero-order valence-corrected chi connectivity index (χ0v) is 22.6. The summed E-state index contributed by atoms with van der Waals surface area (Å²) in [6, 6.07) is -0.498. The quantitative estimate of drug-likeness (QED) is 0.487. The molecule has 3 N–H and O–H groups in total. The molecule has 1 saturated heterocycles. The minimum absolute atomic E-state index is 0.0664. The third-order valence-electron chi connectivity index (χ3n) is 11.0. The Bertz CT molecular complexity index is 1020. The molecular formula is C29H43N3O5. The zero-order chi connectivity index (χ0) is 26.4. The SMILES string of the molecule is CC(=O)[C@@]1(O)CC[C@H]2[C@@H]3CCC4=C/C(=N\OCC(=O)N[C@H]5CCCCNC5=O)CC[C@]4(C)[C@H]3CC[C@@]21C. The van der Waals surface area contributed by atoms with Crippen LogP contribution in [0, 0.1) is 28.6 Å². The number of hydrogen-bond donors (Lipinski definition) is 3. The van der Waals surface area contributed by atoms with E-state index in [0.29, 0.717) is 37.1 Å². The Morgan fingerprint density at radius 2 is 1.89 bits per heavy atom. The molecule has 0 spiro atoms. The number of aliphatic hydroxyl groups is 1. The van der Waals surface area contributed by atoms with Crippen LogP contribution in [0.4, 0.5) is 0 Å². The third-order valence-corrected chi connectivity index (χ3v) is 11.0. The molecule has 1 heterocycles. The van der Waals surface area contributed by atoms with Gasteiger partial charge in [0.2, 0.25) is 5.91 Å². The summed E-state index contributed by atoms with van der Waals surface area (Å²) in [4.78, 5) is 42.2. The molecule has 7 atom stereocenters. The Morgan fingerprint density at radius 3 is 2.68 bits per heavy atom. The maximum absolute atomic E-state index is 12.4. The van der Waals surface area contributed by atoms with Crippen molar-refractivity contribution in [2.24, 2.45) is 33.7 Å². The number of carbonyl (C=O) groups is 3. The summed E-state index contributed by atoms with van der Waals surface area (Å²) in [7, 11) is 0. The summed E-state index contributed by atoms with van der Waals surface area (Å²) < 4.78 is 0. The van der Waals surface area contributed by atoms with Gasteiger partial charge in [-0.05, 0) is 107 Å². The second-order valence-corrected chi connectivity index (χ2v) is 12.7. The molecule has 4 aliphatic carbocycles. The van der Waals surface area contributed by atoms with E-state index >= 15 is 0 Å². The molecule has 0 unspecified atom stereocenters. The highest BCUT2D eigenvalue weighted by molar-refractivity contribution is 5.96. The average Bonchev–Trinajstić information content (AvgIpc) is 2.99. The molecule has 37 heavy (non-hydrogen) atoms. The van der Waals surface area contributed by atoms with Crippen molar-refractivity contribution in [1.82, 2.24) is 10.6 Å². The highest BCUT2D eigenvalue weighted by atomic mass is 16.6. The van der Waals surface area contributed by atoms with Gasteiger partial charge in [0, 0.05) is 12.0 Å². The lowest BCUT2D eigenvalue weighted by Gasteiger charge is -2.59. The molecule has 2 amide bonds. The lowest BCUT2D eigenvalue weighted by Crippen LogP contribution is -2.57. The van der Waals surface area contributed by atoms with E-state index in [4.69, 9.17) is 4.84 Å². The van der Waals surface area contributed by atoms with Crippen LogP contribution in [0.3, 0.4) is 0 Å². The van der Waals surface area contributed by atoms with Gasteiger partial charge < -0.3 is 20.6 Å². The molecule has 3 saturated carbocycles. The van der Waals surface area contributed by atoms with Crippen molar-refractivity contribution < 1.29 is 24.3 Å². The largest absolute Gasteiger partial charge is 0.385 e. The van der Waals surface area contributed by atoms with Crippen LogP contribution in [-0.2, 0) is 19.2 Å². The fraction of sp³-hybridized carbons (Fsp3) is 0.793. The van der Waals surface area contributed by atoms with Gasteiger partial charge in [0.15, 0.2) is 12.4 Å². The van der Waals surface area contributed by atoms with Crippen LogP contribution in [0.15, 0.2) is 16.8 Å². The molecular weight excluding hydrogens is 470 g/mol. The van der Waals surface area contributed by atoms with Crippen LogP contribution >= 0.6 is 0 Å². The van der Waals surface area contributed by atoms with Crippen molar-refractivity contribution in [2.45, 2.75) is 103 Å². The summed E-state index contributed by atoms with van der Waals surface area (Å²) in [5.74, 6) is 0.963. The number of rotatable bonds is 5. The normalized spacial score (nSPS) is 42.4. The number of hydrogen-bond acceptors (Lipinski definition) is 6. The first-order chi connectivity index (χ1) is 17.6. The highest BCUT2D eigenvalue weighted by Gasteiger charge is 2.65. The Morgan fingerprint density at radius 1 is 1.11 bits per heavy atom. The first-order valence-corrected chi connectivity index (χ1v) is 14.3. The lowest BCUT2D eigenvalue weighted by molar-refractivity contribution is -0.159. The molecule has 0 aromatic heterocycles. The lowest BCUT2D eigenvalue weighted by atomic mass is 9.46. The van der Waals surface area contributed by atoms with Gasteiger partial charge in [-0.25, -0.2) is 0 Å². The van der Waals surface area contributed by atoms with E-state index in [-0.39, 0.29) is 35.0 Å². The molecule has 4 fully saturated rings. The summed E-state index contributed by atoms with van der Waals surface area (Å²) >= 11 is 0. The predicted molar refractivity (Wildman–Crippen MR) is 140 cm³/mol. The topological polar surface area (TPSA) is 117 Å². The van der Waals surface area contributed by atoms with Crippen molar-refractivity contribution in [2.75, 3.05) is 13.2 Å². The van der Waals surface area contributed by atoms with Crippen LogP contribution in [0.1, 0.15) is 91.4 Å². The second-order valence-electron chi connectivity index (χ2n) is 12.7. The fourth-order valence-electron chi connectivity index (χ4n) is 8.72. The molecule has 0 aromatic carbocycles. The Balaban J connectivity index is 1.22. The molecule has 0 bridgehead atoms. The van der Waals surface area contributed by atoms with E-state index in [1.165, 1.54) is 5.57 Å². The van der Waals surface area contributed by atoms with Gasteiger partial charge in [0.25, 0.3) is 5.91 Å². The van der Waals surface area contributed by atoms with Crippen LogP contribution in [0.25, 0.3) is 0 Å². The summed E-state index contributed by atoms with van der Waals surface area (Å²) in [5.41, 5.74) is 0.911. The van der Waals surface area contributed by atoms with Crippen molar-refractivity contribution >= 4 is 23.3 Å². The van der Waals surface area contributed by atoms with Crippen molar-refractivity contribution in [3.8, 4) is 0 Å². The van der Waals surface area contributed by atoms with Crippen LogP contribution in [0.2, 0.25) is 0 Å². The number of ketones is 1. The molecule has 0 radical (unpaired) electrons. The average molecular weight is 514 g/mol. The van der Waals surface area contributed by atoms with E-state index in [9.17, 15) is 19.5 Å². The van der Waals surface area contributed by atoms with Gasteiger partial charge in [-0.3, -0.25) is 14.4 Å². The number of carbonyl (C=O) groups excluding carboxylic acids is 3. The smallest absolute Gasteiger partial charge is 0.261 e. The van der Waals surface area contributed by atoms with Crippen molar-refractivity contribution in [1.29, 1.82) is 0 Å². The van der Waals surface area contributed by atoms with Gasteiger partial charge in [-0.2, -0.15) is 0 Å². The molecule has 5 rings (SSSR count). The maximum Gasteiger partial charge on any atom is 0.261 e. The molecule has 5 aliphatic rings. The number of oxime groups is 1. The molecule has 8 nitrogen and oxygen atoms in total. The maximum atomic E-state index is 12.4. The van der Waals surface area contributed by atoms with E-state index in [0.717, 1.165) is 63.5 Å². The Kier molecular flexibility index (Phi) is 7.01. The molecule has 8 heteroatoms. The second kappa shape index (κ2) is 9.83. The van der Waals surface area contributed by atoms with Gasteiger partial charge in [-0.15, -0.1) is 0 Å². The summed E-state index contributed by atoms with van der Waals surface area (Å²) in [5, 5.41) is 21.2. The Labute approximate surface area is 220 Å². The zero-order valence-electron chi connectivity index (χ0n) is 22.6.